The molecule has 7 heteroatoms. The molecular formula is C11H18BrNO3S2. The van der Waals surface area contributed by atoms with Crippen molar-refractivity contribution in [3.63, 3.8) is 0 Å². The second kappa shape index (κ2) is 6.00. The molecule has 0 radical (unpaired) electrons. The van der Waals surface area contributed by atoms with Gasteiger partial charge in [0.05, 0.1) is 3.79 Å². The average molecular weight is 356 g/mol. The largest absolute Gasteiger partial charge is 0.396 e. The van der Waals surface area contributed by atoms with Gasteiger partial charge < -0.3 is 5.11 Å². The molecule has 0 spiro atoms. The van der Waals surface area contributed by atoms with Crippen LogP contribution in [0.2, 0.25) is 0 Å². The summed E-state index contributed by atoms with van der Waals surface area (Å²) < 4.78 is 28.3. The van der Waals surface area contributed by atoms with Crippen LogP contribution in [0.15, 0.2) is 14.1 Å². The van der Waals surface area contributed by atoms with E-state index in [0.717, 1.165) is 9.35 Å². The van der Waals surface area contributed by atoms with E-state index in [1.165, 1.54) is 11.3 Å². The van der Waals surface area contributed by atoms with Gasteiger partial charge in [0.2, 0.25) is 0 Å². The summed E-state index contributed by atoms with van der Waals surface area (Å²) in [5.41, 5.74) is 0.290. The molecule has 18 heavy (non-hydrogen) atoms. The van der Waals surface area contributed by atoms with Crippen LogP contribution in [0.1, 0.15) is 32.3 Å². The summed E-state index contributed by atoms with van der Waals surface area (Å²) in [7, 11) is -3.53. The van der Waals surface area contributed by atoms with Crippen molar-refractivity contribution in [2.24, 2.45) is 0 Å². The highest BCUT2D eigenvalue weighted by atomic mass is 79.9. The maximum Gasteiger partial charge on any atom is 0.250 e. The summed E-state index contributed by atoms with van der Waals surface area (Å²) in [6.45, 7) is 5.51. The lowest BCUT2D eigenvalue weighted by Gasteiger charge is -2.28. The molecule has 2 N–H and O–H groups in total. The van der Waals surface area contributed by atoms with Crippen molar-refractivity contribution in [3.05, 3.63) is 15.4 Å². The molecule has 104 valence electrons. The van der Waals surface area contributed by atoms with Crippen molar-refractivity contribution >= 4 is 37.3 Å². The van der Waals surface area contributed by atoms with E-state index in [2.05, 4.69) is 20.7 Å². The van der Waals surface area contributed by atoms with Crippen molar-refractivity contribution < 1.29 is 13.5 Å². The van der Waals surface area contributed by atoms with Crippen LogP contribution in [-0.2, 0) is 10.0 Å². The fraction of sp³-hybridized carbons (Fsp3) is 0.636. The number of halogens is 1. The molecule has 0 aliphatic rings. The van der Waals surface area contributed by atoms with Crippen LogP contribution in [0.5, 0.6) is 0 Å². The van der Waals surface area contributed by atoms with Crippen LogP contribution in [0.25, 0.3) is 0 Å². The highest BCUT2D eigenvalue weighted by Gasteiger charge is 2.29. The standard InChI is InChI=1S/C11H18BrNO3S2/c1-4-11(3,5-6-14)13-18(15,16)9-7-8(2)10(12)17-9/h7,13-14H,4-6H2,1-3H3. The van der Waals surface area contributed by atoms with Crippen molar-refractivity contribution in [1.82, 2.24) is 4.72 Å². The van der Waals surface area contributed by atoms with Crippen LogP contribution in [-0.4, -0.2) is 25.7 Å². The Bertz CT molecular complexity index is 493. The van der Waals surface area contributed by atoms with E-state index >= 15 is 0 Å². The molecular weight excluding hydrogens is 338 g/mol. The molecule has 1 atom stereocenters. The second-order valence-corrected chi connectivity index (χ2v) is 8.79. The molecule has 0 saturated carbocycles. The fourth-order valence-electron chi connectivity index (χ4n) is 1.49. The van der Waals surface area contributed by atoms with Gasteiger partial charge in [-0.05, 0) is 54.2 Å². The summed E-state index contributed by atoms with van der Waals surface area (Å²) in [6, 6.07) is 1.64. The Kier molecular flexibility index (Phi) is 5.37. The van der Waals surface area contributed by atoms with E-state index in [-0.39, 0.29) is 6.61 Å². The first-order valence-electron chi connectivity index (χ1n) is 5.65. The highest BCUT2D eigenvalue weighted by Crippen LogP contribution is 2.31. The number of sulfonamides is 1. The molecule has 1 unspecified atom stereocenters. The first-order chi connectivity index (χ1) is 8.24. The molecule has 4 nitrogen and oxygen atoms in total. The van der Waals surface area contributed by atoms with Crippen molar-refractivity contribution in [2.45, 2.75) is 43.4 Å². The Balaban J connectivity index is 3.01. The molecule has 1 rings (SSSR count). The summed E-state index contributed by atoms with van der Waals surface area (Å²) in [5, 5.41) is 9.01. The monoisotopic (exact) mass is 355 g/mol. The Hall–Kier alpha value is 0.0500. The maximum absolute atomic E-state index is 12.2. The minimum Gasteiger partial charge on any atom is -0.396 e. The summed E-state index contributed by atoms with van der Waals surface area (Å²) >= 11 is 4.52. The number of hydrogen-bond acceptors (Lipinski definition) is 4. The van der Waals surface area contributed by atoms with E-state index in [9.17, 15) is 8.42 Å². The highest BCUT2D eigenvalue weighted by molar-refractivity contribution is 9.11. The first-order valence-corrected chi connectivity index (χ1v) is 8.74. The maximum atomic E-state index is 12.2. The zero-order chi connectivity index (χ0) is 14.0. The van der Waals surface area contributed by atoms with Crippen LogP contribution in [0.3, 0.4) is 0 Å². The van der Waals surface area contributed by atoms with Crippen LogP contribution in [0.4, 0.5) is 0 Å². The van der Waals surface area contributed by atoms with Gasteiger partial charge in [-0.3, -0.25) is 0 Å². The molecule has 0 saturated heterocycles. The van der Waals surface area contributed by atoms with E-state index in [0.29, 0.717) is 17.1 Å². The number of aryl methyl sites for hydroxylation is 1. The lowest BCUT2D eigenvalue weighted by atomic mass is 9.97. The number of rotatable bonds is 6. The van der Waals surface area contributed by atoms with Gasteiger partial charge >= 0.3 is 0 Å². The predicted molar refractivity (Wildman–Crippen MR) is 77.5 cm³/mol. The minimum absolute atomic E-state index is 0.0416. The normalized spacial score (nSPS) is 15.6. The number of nitrogens with one attached hydrogen (secondary N) is 1. The second-order valence-electron chi connectivity index (χ2n) is 4.52. The van der Waals surface area contributed by atoms with Gasteiger partial charge in [-0.2, -0.15) is 0 Å². The Morgan fingerprint density at radius 3 is 2.56 bits per heavy atom. The Morgan fingerprint density at radius 2 is 2.17 bits per heavy atom. The van der Waals surface area contributed by atoms with Gasteiger partial charge in [-0.15, -0.1) is 11.3 Å². The molecule has 0 aliphatic heterocycles. The van der Waals surface area contributed by atoms with E-state index < -0.39 is 15.6 Å². The zero-order valence-corrected chi connectivity index (χ0v) is 13.9. The quantitative estimate of drug-likeness (QED) is 0.824. The van der Waals surface area contributed by atoms with Gasteiger partial charge in [-0.1, -0.05) is 6.92 Å². The van der Waals surface area contributed by atoms with Crippen LogP contribution >= 0.6 is 27.3 Å². The number of hydrogen-bond donors (Lipinski definition) is 2. The molecule has 0 aromatic carbocycles. The third-order valence-electron chi connectivity index (χ3n) is 2.92. The van der Waals surface area contributed by atoms with Crippen molar-refractivity contribution in [3.8, 4) is 0 Å². The molecule has 0 bridgehead atoms. The van der Waals surface area contributed by atoms with Crippen LogP contribution in [0, 0.1) is 6.92 Å². The van der Waals surface area contributed by atoms with Crippen LogP contribution < -0.4 is 4.72 Å². The minimum atomic E-state index is -3.53. The van der Waals surface area contributed by atoms with Gasteiger partial charge in [0.25, 0.3) is 10.0 Å². The topological polar surface area (TPSA) is 66.4 Å². The third-order valence-corrected chi connectivity index (χ3v) is 7.17. The predicted octanol–water partition coefficient (Wildman–Crippen LogP) is 2.65. The lowest BCUT2D eigenvalue weighted by Crippen LogP contribution is -2.45. The lowest BCUT2D eigenvalue weighted by molar-refractivity contribution is 0.233. The molecule has 1 heterocycles. The SMILES string of the molecule is CCC(C)(CCO)NS(=O)(=O)c1cc(C)c(Br)s1. The molecule has 0 fully saturated rings. The molecule has 0 amide bonds. The molecule has 1 aromatic rings. The van der Waals surface area contributed by atoms with Gasteiger partial charge in [0, 0.05) is 12.1 Å². The van der Waals surface area contributed by atoms with E-state index in [1.54, 1.807) is 13.0 Å². The first kappa shape index (κ1) is 16.1. The van der Waals surface area contributed by atoms with Crippen molar-refractivity contribution in [1.29, 1.82) is 0 Å². The molecule has 0 aliphatic carbocycles. The Morgan fingerprint density at radius 1 is 1.56 bits per heavy atom. The number of thiophene rings is 1. The zero-order valence-electron chi connectivity index (χ0n) is 10.7. The van der Waals surface area contributed by atoms with Gasteiger partial charge in [0.1, 0.15) is 4.21 Å². The Labute approximate surface area is 121 Å². The van der Waals surface area contributed by atoms with Crippen molar-refractivity contribution in [2.75, 3.05) is 6.61 Å². The smallest absolute Gasteiger partial charge is 0.250 e. The number of aliphatic hydroxyl groups is 1. The fourth-order valence-corrected chi connectivity index (χ4v) is 5.22. The van der Waals surface area contributed by atoms with E-state index in [4.69, 9.17) is 5.11 Å². The van der Waals surface area contributed by atoms with Gasteiger partial charge in [-0.25, -0.2) is 13.1 Å². The summed E-state index contributed by atoms with van der Waals surface area (Å²) in [4.78, 5) is 0. The molecule has 1 aromatic heterocycles. The average Bonchev–Trinajstić information content (AvgIpc) is 2.60. The number of aliphatic hydroxyl groups excluding tert-OH is 1. The third kappa shape index (κ3) is 3.77. The summed E-state index contributed by atoms with van der Waals surface area (Å²) in [6.07, 6.45) is 1.02. The van der Waals surface area contributed by atoms with Gasteiger partial charge in [0.15, 0.2) is 0 Å². The summed E-state index contributed by atoms with van der Waals surface area (Å²) in [5.74, 6) is 0. The van der Waals surface area contributed by atoms with E-state index in [1.807, 2.05) is 13.8 Å².